The summed E-state index contributed by atoms with van der Waals surface area (Å²) in [6.07, 6.45) is 0.239. The van der Waals surface area contributed by atoms with E-state index in [9.17, 15) is 29.3 Å². The van der Waals surface area contributed by atoms with Crippen LogP contribution in [0.5, 0.6) is 0 Å². The van der Waals surface area contributed by atoms with E-state index in [0.717, 1.165) is 11.0 Å². The topological polar surface area (TPSA) is 127 Å². The molecule has 27 heavy (non-hydrogen) atoms. The van der Waals surface area contributed by atoms with Gasteiger partial charge in [0.15, 0.2) is 0 Å². The average Bonchev–Trinajstić information content (AvgIpc) is 2.86. The number of imide groups is 1. The van der Waals surface area contributed by atoms with Crippen LogP contribution in [0.15, 0.2) is 18.2 Å². The fourth-order valence-corrected chi connectivity index (χ4v) is 2.66. The standard InChI is InChI=1S/C17H19N3O7/c1-3-27-15(22)10-18(2)14(21)5-4-8-19-16(23)12-7-6-11(20(25)26)9-13(12)17(19)24/h6-7,9H,3-5,8,10H2,1-2H3. The predicted molar refractivity (Wildman–Crippen MR) is 92.0 cm³/mol. The number of carbonyl (C=O) groups is 4. The van der Waals surface area contributed by atoms with Crippen molar-refractivity contribution in [1.29, 1.82) is 0 Å². The Bertz CT molecular complexity index is 806. The highest BCUT2D eigenvalue weighted by Gasteiger charge is 2.36. The summed E-state index contributed by atoms with van der Waals surface area (Å²) in [5.74, 6) is -2.01. The minimum absolute atomic E-state index is 0.000862. The average molecular weight is 377 g/mol. The van der Waals surface area contributed by atoms with Crippen molar-refractivity contribution in [2.45, 2.75) is 19.8 Å². The largest absolute Gasteiger partial charge is 0.465 e. The smallest absolute Gasteiger partial charge is 0.325 e. The first kappa shape index (κ1) is 20.0. The van der Waals surface area contributed by atoms with Gasteiger partial charge in [0.25, 0.3) is 17.5 Å². The Kier molecular flexibility index (Phi) is 6.22. The SMILES string of the molecule is CCOC(=O)CN(C)C(=O)CCCN1C(=O)c2ccc([N+](=O)[O-])cc2C1=O. The van der Waals surface area contributed by atoms with E-state index in [2.05, 4.69) is 0 Å². The maximum absolute atomic E-state index is 12.3. The quantitative estimate of drug-likeness (QED) is 0.286. The molecular weight excluding hydrogens is 358 g/mol. The van der Waals surface area contributed by atoms with Crippen molar-refractivity contribution in [3.8, 4) is 0 Å². The number of carbonyl (C=O) groups excluding carboxylic acids is 4. The maximum atomic E-state index is 12.3. The zero-order valence-electron chi connectivity index (χ0n) is 15.0. The molecule has 1 aromatic carbocycles. The number of benzene rings is 1. The number of likely N-dealkylation sites (N-methyl/N-ethyl adjacent to an activating group) is 1. The van der Waals surface area contributed by atoms with E-state index in [1.54, 1.807) is 6.92 Å². The zero-order valence-corrected chi connectivity index (χ0v) is 15.0. The van der Waals surface area contributed by atoms with E-state index in [4.69, 9.17) is 4.74 Å². The van der Waals surface area contributed by atoms with E-state index in [-0.39, 0.29) is 55.3 Å². The molecule has 0 saturated carbocycles. The van der Waals surface area contributed by atoms with Gasteiger partial charge in [0.2, 0.25) is 5.91 Å². The van der Waals surface area contributed by atoms with Gasteiger partial charge in [-0.25, -0.2) is 0 Å². The molecule has 3 amide bonds. The van der Waals surface area contributed by atoms with Crippen LogP contribution in [0.4, 0.5) is 5.69 Å². The van der Waals surface area contributed by atoms with Crippen molar-refractivity contribution < 1.29 is 28.8 Å². The van der Waals surface area contributed by atoms with Crippen LogP contribution in [0, 0.1) is 10.1 Å². The number of rotatable bonds is 8. The van der Waals surface area contributed by atoms with Crippen LogP contribution in [0.3, 0.4) is 0 Å². The number of nitrogens with zero attached hydrogens (tertiary/aromatic N) is 3. The summed E-state index contributed by atoms with van der Waals surface area (Å²) in [5, 5.41) is 10.8. The summed E-state index contributed by atoms with van der Waals surface area (Å²) >= 11 is 0. The number of hydrogen-bond acceptors (Lipinski definition) is 7. The summed E-state index contributed by atoms with van der Waals surface area (Å²) in [7, 11) is 1.46. The molecule has 1 aliphatic rings. The molecule has 0 unspecified atom stereocenters. The van der Waals surface area contributed by atoms with E-state index >= 15 is 0 Å². The molecular formula is C17H19N3O7. The minimum Gasteiger partial charge on any atom is -0.465 e. The fourth-order valence-electron chi connectivity index (χ4n) is 2.66. The van der Waals surface area contributed by atoms with Gasteiger partial charge in [-0.05, 0) is 19.4 Å². The lowest BCUT2D eigenvalue weighted by Gasteiger charge is -2.17. The van der Waals surface area contributed by atoms with E-state index in [0.29, 0.717) is 0 Å². The number of esters is 1. The van der Waals surface area contributed by atoms with Crippen molar-refractivity contribution >= 4 is 29.4 Å². The molecule has 10 nitrogen and oxygen atoms in total. The van der Waals surface area contributed by atoms with Crippen LogP contribution in [0.2, 0.25) is 0 Å². The van der Waals surface area contributed by atoms with E-state index in [1.165, 1.54) is 24.1 Å². The number of amides is 3. The summed E-state index contributed by atoms with van der Waals surface area (Å²) < 4.78 is 4.76. The molecule has 0 N–H and O–H groups in total. The second-order valence-corrected chi connectivity index (χ2v) is 5.91. The molecule has 0 atom stereocenters. The molecule has 144 valence electrons. The van der Waals surface area contributed by atoms with Gasteiger partial charge >= 0.3 is 5.97 Å². The number of ether oxygens (including phenoxy) is 1. The van der Waals surface area contributed by atoms with Crippen molar-refractivity contribution in [3.63, 3.8) is 0 Å². The first-order valence-corrected chi connectivity index (χ1v) is 8.30. The van der Waals surface area contributed by atoms with E-state index in [1.807, 2.05) is 0 Å². The molecule has 0 radical (unpaired) electrons. The fraction of sp³-hybridized carbons (Fsp3) is 0.412. The Balaban J connectivity index is 1.92. The third-order valence-electron chi connectivity index (χ3n) is 4.03. The van der Waals surface area contributed by atoms with Crippen LogP contribution in [0.25, 0.3) is 0 Å². The predicted octanol–water partition coefficient (Wildman–Crippen LogP) is 0.992. The lowest BCUT2D eigenvalue weighted by molar-refractivity contribution is -0.384. The molecule has 0 spiro atoms. The molecule has 1 aromatic rings. The first-order valence-electron chi connectivity index (χ1n) is 8.30. The van der Waals surface area contributed by atoms with Crippen LogP contribution in [-0.2, 0) is 14.3 Å². The van der Waals surface area contributed by atoms with Gasteiger partial charge in [0, 0.05) is 32.1 Å². The van der Waals surface area contributed by atoms with Crippen molar-refractivity contribution in [2.24, 2.45) is 0 Å². The van der Waals surface area contributed by atoms with Gasteiger partial charge in [-0.3, -0.25) is 34.2 Å². The third kappa shape index (κ3) is 4.46. The molecule has 0 saturated heterocycles. The Morgan fingerprint density at radius 2 is 1.89 bits per heavy atom. The number of hydrogen-bond donors (Lipinski definition) is 0. The highest BCUT2D eigenvalue weighted by molar-refractivity contribution is 6.21. The lowest BCUT2D eigenvalue weighted by atomic mass is 10.1. The molecule has 0 bridgehead atoms. The summed E-state index contributed by atoms with van der Waals surface area (Å²) in [5.41, 5.74) is -0.177. The third-order valence-corrected chi connectivity index (χ3v) is 4.03. The van der Waals surface area contributed by atoms with Gasteiger partial charge in [0.05, 0.1) is 22.7 Å². The molecule has 0 fully saturated rings. The Hall–Kier alpha value is -3.30. The summed E-state index contributed by atoms with van der Waals surface area (Å²) in [6, 6.07) is 3.50. The van der Waals surface area contributed by atoms with Crippen LogP contribution >= 0.6 is 0 Å². The monoisotopic (exact) mass is 377 g/mol. The van der Waals surface area contributed by atoms with Crippen molar-refractivity contribution in [1.82, 2.24) is 9.80 Å². The summed E-state index contributed by atoms with van der Waals surface area (Å²) in [4.78, 5) is 60.4. The number of nitro groups is 1. The second kappa shape index (κ2) is 8.39. The van der Waals surface area contributed by atoms with Gasteiger partial charge < -0.3 is 9.64 Å². The molecule has 10 heteroatoms. The zero-order chi connectivity index (χ0) is 20.1. The highest BCUT2D eigenvalue weighted by atomic mass is 16.6. The maximum Gasteiger partial charge on any atom is 0.325 e. The molecule has 1 heterocycles. The molecule has 2 rings (SSSR count). The first-order chi connectivity index (χ1) is 12.8. The number of nitro benzene ring substituents is 1. The van der Waals surface area contributed by atoms with E-state index < -0.39 is 22.7 Å². The van der Waals surface area contributed by atoms with Crippen molar-refractivity contribution in [2.75, 3.05) is 26.7 Å². The molecule has 0 aromatic heterocycles. The van der Waals surface area contributed by atoms with Crippen LogP contribution in [-0.4, -0.2) is 65.2 Å². The Morgan fingerprint density at radius 3 is 2.52 bits per heavy atom. The normalized spacial score (nSPS) is 12.7. The molecule has 0 aliphatic carbocycles. The van der Waals surface area contributed by atoms with Crippen LogP contribution in [0.1, 0.15) is 40.5 Å². The van der Waals surface area contributed by atoms with Crippen molar-refractivity contribution in [3.05, 3.63) is 39.4 Å². The Morgan fingerprint density at radius 1 is 1.22 bits per heavy atom. The van der Waals surface area contributed by atoms with Crippen LogP contribution < -0.4 is 0 Å². The highest BCUT2D eigenvalue weighted by Crippen LogP contribution is 2.27. The number of fused-ring (bicyclic) bond motifs is 1. The lowest BCUT2D eigenvalue weighted by Crippen LogP contribution is -2.34. The van der Waals surface area contributed by atoms with Gasteiger partial charge in [0.1, 0.15) is 6.54 Å². The Labute approximate surface area is 154 Å². The number of non-ortho nitro benzene ring substituents is 1. The van der Waals surface area contributed by atoms with Gasteiger partial charge in [-0.2, -0.15) is 0 Å². The summed E-state index contributed by atoms with van der Waals surface area (Å²) in [6.45, 7) is 1.71. The molecule has 1 aliphatic heterocycles. The minimum atomic E-state index is -0.640. The van der Waals surface area contributed by atoms with Gasteiger partial charge in [-0.15, -0.1) is 0 Å². The second-order valence-electron chi connectivity index (χ2n) is 5.91. The van der Waals surface area contributed by atoms with Gasteiger partial charge in [-0.1, -0.05) is 0 Å².